The molecule has 86 valence electrons. The van der Waals surface area contributed by atoms with Crippen molar-refractivity contribution in [2.45, 2.75) is 19.8 Å². The van der Waals surface area contributed by atoms with Gasteiger partial charge in [-0.25, -0.2) is 0 Å². The van der Waals surface area contributed by atoms with E-state index in [1.807, 2.05) is 23.1 Å². The van der Waals surface area contributed by atoms with E-state index in [2.05, 4.69) is 18.3 Å². The van der Waals surface area contributed by atoms with Gasteiger partial charge in [0.05, 0.1) is 0 Å². The lowest BCUT2D eigenvalue weighted by Crippen LogP contribution is -2.31. The van der Waals surface area contributed by atoms with Gasteiger partial charge >= 0.3 is 0 Å². The van der Waals surface area contributed by atoms with Crippen molar-refractivity contribution in [3.63, 3.8) is 0 Å². The van der Waals surface area contributed by atoms with Crippen LogP contribution >= 0.6 is 0 Å². The fraction of sp³-hybridized carbons (Fsp3) is 0.462. The van der Waals surface area contributed by atoms with Crippen LogP contribution in [-0.4, -0.2) is 25.5 Å². The zero-order chi connectivity index (χ0) is 11.4. The molecule has 1 aromatic carbocycles. The predicted molar refractivity (Wildman–Crippen MR) is 65.7 cm³/mol. The first kappa shape index (κ1) is 11.1. The van der Waals surface area contributed by atoms with Gasteiger partial charge in [0.25, 0.3) is 0 Å². The third-order valence-electron chi connectivity index (χ3n) is 2.95. The van der Waals surface area contributed by atoms with E-state index in [1.54, 1.807) is 0 Å². The molecular weight excluding hydrogens is 200 g/mol. The molecule has 3 nitrogen and oxygen atoms in total. The van der Waals surface area contributed by atoms with Crippen LogP contribution in [0.25, 0.3) is 0 Å². The predicted octanol–water partition coefficient (Wildman–Crippen LogP) is 1.58. The molecule has 0 atom stereocenters. The number of amides is 1. The SMILES string of the molecule is CCNCCC(=O)N1CCc2ccccc21. The standard InChI is InChI=1S/C13H18N2O/c1-2-14-9-7-13(16)15-10-8-11-5-3-4-6-12(11)15/h3-6,14H,2,7-10H2,1H3. The molecule has 1 aromatic rings. The first-order valence-corrected chi connectivity index (χ1v) is 5.92. The summed E-state index contributed by atoms with van der Waals surface area (Å²) in [7, 11) is 0. The zero-order valence-corrected chi connectivity index (χ0v) is 9.70. The van der Waals surface area contributed by atoms with Crippen LogP contribution < -0.4 is 10.2 Å². The number of hydrogen-bond acceptors (Lipinski definition) is 2. The largest absolute Gasteiger partial charge is 0.316 e. The van der Waals surface area contributed by atoms with Gasteiger partial charge in [-0.15, -0.1) is 0 Å². The number of hydrogen-bond donors (Lipinski definition) is 1. The molecule has 0 saturated heterocycles. The van der Waals surface area contributed by atoms with Crippen molar-refractivity contribution >= 4 is 11.6 Å². The number of rotatable bonds is 4. The van der Waals surface area contributed by atoms with Crippen molar-refractivity contribution in [1.29, 1.82) is 0 Å². The maximum atomic E-state index is 12.0. The van der Waals surface area contributed by atoms with Gasteiger partial charge < -0.3 is 10.2 Å². The molecule has 1 heterocycles. The van der Waals surface area contributed by atoms with Gasteiger partial charge in [-0.3, -0.25) is 4.79 Å². The molecule has 3 heteroatoms. The molecule has 1 N–H and O–H groups in total. The lowest BCUT2D eigenvalue weighted by atomic mass is 10.2. The van der Waals surface area contributed by atoms with E-state index in [9.17, 15) is 4.79 Å². The monoisotopic (exact) mass is 218 g/mol. The number of para-hydroxylation sites is 1. The summed E-state index contributed by atoms with van der Waals surface area (Å²) in [4.78, 5) is 13.9. The second-order valence-corrected chi connectivity index (χ2v) is 4.03. The van der Waals surface area contributed by atoms with Gasteiger partial charge in [0.15, 0.2) is 0 Å². The number of carbonyl (C=O) groups is 1. The highest BCUT2D eigenvalue weighted by Crippen LogP contribution is 2.27. The number of carbonyl (C=O) groups excluding carboxylic acids is 1. The Morgan fingerprint density at radius 1 is 1.44 bits per heavy atom. The molecule has 1 aliphatic heterocycles. The highest BCUT2D eigenvalue weighted by molar-refractivity contribution is 5.95. The van der Waals surface area contributed by atoms with E-state index in [0.29, 0.717) is 6.42 Å². The lowest BCUT2D eigenvalue weighted by Gasteiger charge is -2.17. The number of nitrogens with zero attached hydrogens (tertiary/aromatic N) is 1. The maximum Gasteiger partial charge on any atom is 0.228 e. The minimum Gasteiger partial charge on any atom is -0.316 e. The van der Waals surface area contributed by atoms with Crippen LogP contribution in [0.4, 0.5) is 5.69 Å². The topological polar surface area (TPSA) is 32.3 Å². The number of fused-ring (bicyclic) bond motifs is 1. The summed E-state index contributed by atoms with van der Waals surface area (Å²) in [6.45, 7) is 4.58. The van der Waals surface area contributed by atoms with Crippen molar-refractivity contribution in [3.05, 3.63) is 29.8 Å². The third-order valence-corrected chi connectivity index (χ3v) is 2.95. The van der Waals surface area contributed by atoms with Crippen molar-refractivity contribution in [3.8, 4) is 0 Å². The zero-order valence-electron chi connectivity index (χ0n) is 9.70. The van der Waals surface area contributed by atoms with E-state index in [1.165, 1.54) is 5.56 Å². The fourth-order valence-electron chi connectivity index (χ4n) is 2.10. The lowest BCUT2D eigenvalue weighted by molar-refractivity contribution is -0.118. The van der Waals surface area contributed by atoms with Crippen molar-refractivity contribution in [2.75, 3.05) is 24.5 Å². The average Bonchev–Trinajstić information content (AvgIpc) is 2.73. The van der Waals surface area contributed by atoms with Gasteiger partial charge in [-0.1, -0.05) is 25.1 Å². The Bertz CT molecular complexity index is 376. The molecule has 0 unspecified atom stereocenters. The van der Waals surface area contributed by atoms with Crippen LogP contribution in [0, 0.1) is 0 Å². The van der Waals surface area contributed by atoms with Crippen LogP contribution in [0.5, 0.6) is 0 Å². The van der Waals surface area contributed by atoms with E-state index >= 15 is 0 Å². The summed E-state index contributed by atoms with van der Waals surface area (Å²) in [5.41, 5.74) is 2.39. The molecule has 0 aromatic heterocycles. The van der Waals surface area contributed by atoms with Crippen LogP contribution in [0.1, 0.15) is 18.9 Å². The number of nitrogens with one attached hydrogen (secondary N) is 1. The number of benzene rings is 1. The van der Waals surface area contributed by atoms with E-state index in [4.69, 9.17) is 0 Å². The highest BCUT2D eigenvalue weighted by atomic mass is 16.2. The molecule has 1 amide bonds. The minimum absolute atomic E-state index is 0.228. The second kappa shape index (κ2) is 5.12. The summed E-state index contributed by atoms with van der Waals surface area (Å²) in [6, 6.07) is 8.17. The summed E-state index contributed by atoms with van der Waals surface area (Å²) < 4.78 is 0. The van der Waals surface area contributed by atoms with Crippen LogP contribution in [0.2, 0.25) is 0 Å². The molecule has 0 fully saturated rings. The third kappa shape index (κ3) is 2.25. The number of anilines is 1. The molecule has 0 bridgehead atoms. The van der Waals surface area contributed by atoms with Crippen LogP contribution in [-0.2, 0) is 11.2 Å². The molecule has 0 saturated carbocycles. The average molecular weight is 218 g/mol. The van der Waals surface area contributed by atoms with Gasteiger partial charge in [-0.05, 0) is 24.6 Å². The first-order valence-electron chi connectivity index (χ1n) is 5.92. The minimum atomic E-state index is 0.228. The Morgan fingerprint density at radius 3 is 3.06 bits per heavy atom. The van der Waals surface area contributed by atoms with Crippen molar-refractivity contribution < 1.29 is 4.79 Å². The van der Waals surface area contributed by atoms with Crippen molar-refractivity contribution in [1.82, 2.24) is 5.32 Å². The van der Waals surface area contributed by atoms with E-state index in [-0.39, 0.29) is 5.91 Å². The van der Waals surface area contributed by atoms with Crippen LogP contribution in [0.15, 0.2) is 24.3 Å². The Hall–Kier alpha value is -1.35. The van der Waals surface area contributed by atoms with Crippen molar-refractivity contribution in [2.24, 2.45) is 0 Å². The molecule has 0 radical (unpaired) electrons. The molecule has 1 aliphatic rings. The fourth-order valence-corrected chi connectivity index (χ4v) is 2.10. The van der Waals surface area contributed by atoms with Gasteiger partial charge in [0.2, 0.25) is 5.91 Å². The first-order chi connectivity index (χ1) is 7.83. The normalized spacial score (nSPS) is 13.9. The van der Waals surface area contributed by atoms with Crippen LogP contribution in [0.3, 0.4) is 0 Å². The van der Waals surface area contributed by atoms with E-state index < -0.39 is 0 Å². The molecular formula is C13H18N2O. The second-order valence-electron chi connectivity index (χ2n) is 4.03. The Balaban J connectivity index is 1.99. The summed E-state index contributed by atoms with van der Waals surface area (Å²) >= 11 is 0. The van der Waals surface area contributed by atoms with E-state index in [0.717, 1.165) is 31.7 Å². The summed E-state index contributed by atoms with van der Waals surface area (Å²) in [5.74, 6) is 0.228. The van der Waals surface area contributed by atoms with Gasteiger partial charge in [-0.2, -0.15) is 0 Å². The molecule has 0 spiro atoms. The molecule has 16 heavy (non-hydrogen) atoms. The smallest absolute Gasteiger partial charge is 0.228 e. The summed E-state index contributed by atoms with van der Waals surface area (Å²) in [5, 5.41) is 3.18. The van der Waals surface area contributed by atoms with Gasteiger partial charge in [0.1, 0.15) is 0 Å². The Labute approximate surface area is 96.5 Å². The Morgan fingerprint density at radius 2 is 2.25 bits per heavy atom. The highest BCUT2D eigenvalue weighted by Gasteiger charge is 2.23. The molecule has 2 rings (SSSR count). The Kier molecular flexibility index (Phi) is 3.57. The quantitative estimate of drug-likeness (QED) is 0.778. The molecule has 0 aliphatic carbocycles. The maximum absolute atomic E-state index is 12.0. The summed E-state index contributed by atoms with van der Waals surface area (Å²) in [6.07, 6.45) is 1.57. The van der Waals surface area contributed by atoms with Gasteiger partial charge in [0, 0.05) is 25.2 Å².